The molecule has 0 aliphatic carbocycles. The van der Waals surface area contributed by atoms with Gasteiger partial charge in [0, 0.05) is 21.1 Å². The molecule has 0 aromatic heterocycles. The fourth-order valence-corrected chi connectivity index (χ4v) is 4.84. The molecule has 0 bridgehead atoms. The first-order chi connectivity index (χ1) is 11.4. The first kappa shape index (κ1) is 34.1. The Kier molecular flexibility index (Phi) is 41.3. The van der Waals surface area contributed by atoms with Crippen LogP contribution in [0.2, 0.25) is 3.97 Å². The van der Waals surface area contributed by atoms with Crippen LogP contribution in [0.4, 0.5) is 0 Å². The van der Waals surface area contributed by atoms with Gasteiger partial charge in [0.1, 0.15) is 0 Å². The molecule has 0 amide bonds. The van der Waals surface area contributed by atoms with Gasteiger partial charge < -0.3 is 0 Å². The summed E-state index contributed by atoms with van der Waals surface area (Å²) in [6, 6.07) is 12.5. The first-order valence-corrected chi connectivity index (χ1v) is 15.3. The molecule has 0 saturated heterocycles. The topological polar surface area (TPSA) is 0 Å². The van der Waals surface area contributed by atoms with E-state index in [1.807, 2.05) is 30.3 Å². The van der Waals surface area contributed by atoms with Crippen LogP contribution in [-0.2, 0) is 21.1 Å². The Bertz CT molecular complexity index is 237. The summed E-state index contributed by atoms with van der Waals surface area (Å²) in [5.74, 6) is 0. The standard InChI is InChI=1S/2C6H15P.C6H5.C3H7Te.Pt/c2*1-4-7(5-2)6-3;1-2-4-6-5-3-1;1-3(2)4;/h2*4-6H2,1-3H3;1-5H;3H,1-2H3;/q;;-1;;/p+2. The number of hydrogen-bond donors (Lipinski definition) is 0. The zero-order valence-corrected chi connectivity index (χ0v) is 24.5. The van der Waals surface area contributed by atoms with Gasteiger partial charge in [0.25, 0.3) is 0 Å². The van der Waals surface area contributed by atoms with Crippen molar-refractivity contribution in [3.63, 3.8) is 0 Å². The molecule has 0 aliphatic heterocycles. The zero-order valence-electron chi connectivity index (χ0n) is 17.9. The minimum Gasteiger partial charge on any atom is -0.184 e. The summed E-state index contributed by atoms with van der Waals surface area (Å²) in [6.45, 7) is 18.2. The number of rotatable bonds is 6. The van der Waals surface area contributed by atoms with Crippen LogP contribution in [0.25, 0.3) is 0 Å². The van der Waals surface area contributed by atoms with E-state index in [-0.39, 0.29) is 36.9 Å². The zero-order chi connectivity index (χ0) is 19.2. The second kappa shape index (κ2) is 30.3. The van der Waals surface area contributed by atoms with E-state index < -0.39 is 0 Å². The van der Waals surface area contributed by atoms with Crippen molar-refractivity contribution in [2.24, 2.45) is 0 Å². The van der Waals surface area contributed by atoms with Gasteiger partial charge in [-0.1, -0.05) is 0 Å². The molecule has 1 radical (unpaired) electrons. The van der Waals surface area contributed by atoms with Crippen LogP contribution in [0, 0.1) is 6.07 Å². The smallest absolute Gasteiger partial charge is 0.0543 e. The van der Waals surface area contributed by atoms with E-state index in [0.717, 1.165) is 3.97 Å². The van der Waals surface area contributed by atoms with E-state index in [9.17, 15) is 0 Å². The van der Waals surface area contributed by atoms with Gasteiger partial charge >= 0.3 is 40.1 Å². The van der Waals surface area contributed by atoms with Crippen molar-refractivity contribution in [3.05, 3.63) is 36.4 Å². The van der Waals surface area contributed by atoms with Crippen molar-refractivity contribution in [3.8, 4) is 0 Å². The molecular formula is C21H44P2PtTe+. The van der Waals surface area contributed by atoms with Gasteiger partial charge in [-0.25, -0.2) is 0 Å². The summed E-state index contributed by atoms with van der Waals surface area (Å²) in [6.07, 6.45) is 8.74. The molecule has 0 heterocycles. The van der Waals surface area contributed by atoms with Gasteiger partial charge in [-0.2, -0.15) is 36.4 Å². The Hall–Kier alpha value is 1.56. The fraction of sp³-hybridized carbons (Fsp3) is 0.714. The predicted molar refractivity (Wildman–Crippen MR) is 126 cm³/mol. The number of benzene rings is 1. The summed E-state index contributed by atoms with van der Waals surface area (Å²) in [4.78, 5) is 0. The van der Waals surface area contributed by atoms with Crippen molar-refractivity contribution in [2.45, 2.75) is 59.4 Å². The van der Waals surface area contributed by atoms with Crippen molar-refractivity contribution >= 4 is 38.1 Å². The van der Waals surface area contributed by atoms with E-state index in [1.54, 1.807) is 0 Å². The van der Waals surface area contributed by atoms with Gasteiger partial charge in [-0.3, -0.25) is 0 Å². The molecule has 1 aromatic carbocycles. The maximum Gasteiger partial charge on any atom is 0.0543 e. The average Bonchev–Trinajstić information content (AvgIpc) is 2.60. The van der Waals surface area contributed by atoms with Gasteiger partial charge in [0.15, 0.2) is 0 Å². The first-order valence-electron chi connectivity index (χ1n) is 9.67. The summed E-state index contributed by atoms with van der Waals surface area (Å²) < 4.78 is 0.843. The second-order valence-corrected chi connectivity index (χ2v) is 15.7. The summed E-state index contributed by atoms with van der Waals surface area (Å²) in [7, 11) is 0.275. The van der Waals surface area contributed by atoms with Gasteiger partial charge in [0.05, 0.1) is 37.0 Å². The van der Waals surface area contributed by atoms with Crippen molar-refractivity contribution < 1.29 is 21.1 Å². The maximum atomic E-state index is 2.89. The summed E-state index contributed by atoms with van der Waals surface area (Å²) in [5.41, 5.74) is 0. The van der Waals surface area contributed by atoms with E-state index in [2.05, 4.69) is 83.8 Å². The molecule has 0 unspecified atom stereocenters. The van der Waals surface area contributed by atoms with E-state index in [4.69, 9.17) is 0 Å². The Labute approximate surface area is 190 Å². The third kappa shape index (κ3) is 37.1. The fourth-order valence-electron chi connectivity index (χ4n) is 1.84. The molecule has 1 rings (SSSR count). The maximum absolute atomic E-state index is 2.89. The largest absolute Gasteiger partial charge is 0.184 e. The van der Waals surface area contributed by atoms with Crippen LogP contribution in [0.1, 0.15) is 55.4 Å². The van der Waals surface area contributed by atoms with Gasteiger partial charge in [-0.05, 0) is 57.4 Å². The van der Waals surface area contributed by atoms with Crippen LogP contribution in [0.5, 0.6) is 0 Å². The second-order valence-electron chi connectivity index (χ2n) is 5.75. The Morgan fingerprint density at radius 2 is 0.920 bits per heavy atom. The number of hydrogen-bond acceptors (Lipinski definition) is 0. The normalized spacial score (nSPS) is 9.12. The molecule has 0 saturated carbocycles. The summed E-state index contributed by atoms with van der Waals surface area (Å²) in [5, 5.41) is 0. The van der Waals surface area contributed by atoms with Crippen LogP contribution in [0.3, 0.4) is 0 Å². The minimum absolute atomic E-state index is 0. The van der Waals surface area contributed by atoms with Crippen LogP contribution in [0.15, 0.2) is 30.3 Å². The molecule has 0 N–H and O–H groups in total. The van der Waals surface area contributed by atoms with Crippen molar-refractivity contribution in [2.75, 3.05) is 37.0 Å². The average molecular weight is 681 g/mol. The van der Waals surface area contributed by atoms with Crippen molar-refractivity contribution in [1.82, 2.24) is 0 Å². The van der Waals surface area contributed by atoms with Crippen molar-refractivity contribution in [1.29, 1.82) is 0 Å². The monoisotopic (exact) mass is 683 g/mol. The molecule has 1 aromatic rings. The molecule has 0 spiro atoms. The molecule has 0 nitrogen and oxygen atoms in total. The third-order valence-corrected chi connectivity index (χ3v) is 9.61. The molecule has 0 aliphatic rings. The Balaban J connectivity index is -0.000000118. The molecule has 0 atom stereocenters. The predicted octanol–water partition coefficient (Wildman–Crippen LogP) is 6.99. The SMILES string of the molecule is CC(C)[Te].CC[PH+](CC)CC.CC[PH+](CC)CC.[Pt].[c-]1ccccc1. The van der Waals surface area contributed by atoms with E-state index in [0.29, 0.717) is 0 Å². The van der Waals surface area contributed by atoms with E-state index >= 15 is 0 Å². The van der Waals surface area contributed by atoms with Gasteiger partial charge in [-0.15, -0.1) is 0 Å². The molecular weight excluding hydrogens is 637 g/mol. The van der Waals surface area contributed by atoms with Crippen LogP contribution < -0.4 is 0 Å². The molecule has 25 heavy (non-hydrogen) atoms. The Morgan fingerprint density at radius 1 is 0.680 bits per heavy atom. The van der Waals surface area contributed by atoms with E-state index in [1.165, 1.54) is 37.0 Å². The molecule has 0 fully saturated rings. The van der Waals surface area contributed by atoms with Crippen LogP contribution >= 0.6 is 15.8 Å². The molecule has 4 heteroatoms. The minimum atomic E-state index is 0. The van der Waals surface area contributed by atoms with Gasteiger partial charge in [0.2, 0.25) is 0 Å². The summed E-state index contributed by atoms with van der Waals surface area (Å²) >= 11 is 2.11. The van der Waals surface area contributed by atoms with Crippen LogP contribution in [-0.4, -0.2) is 59.3 Å². The quantitative estimate of drug-likeness (QED) is 0.173. The molecule has 153 valence electrons. The Morgan fingerprint density at radius 3 is 0.960 bits per heavy atom. The third-order valence-electron chi connectivity index (χ3n) is 3.61.